The lowest BCUT2D eigenvalue weighted by Gasteiger charge is -2.13. The van der Waals surface area contributed by atoms with Crippen LogP contribution in [-0.2, 0) is 13.2 Å². The quantitative estimate of drug-likeness (QED) is 0.778. The molecule has 1 N–H and O–H groups in total. The van der Waals surface area contributed by atoms with Gasteiger partial charge < -0.3 is 10.1 Å². The van der Waals surface area contributed by atoms with Crippen LogP contribution in [-0.4, -0.2) is 6.54 Å². The van der Waals surface area contributed by atoms with Gasteiger partial charge in [0.2, 0.25) is 0 Å². The van der Waals surface area contributed by atoms with Crippen molar-refractivity contribution in [3.63, 3.8) is 0 Å². The smallest absolute Gasteiger partial charge is 0.124 e. The summed E-state index contributed by atoms with van der Waals surface area (Å²) in [5.74, 6) is 1.61. The van der Waals surface area contributed by atoms with Crippen LogP contribution >= 0.6 is 15.9 Å². The Kier molecular flexibility index (Phi) is 6.27. The molecule has 0 atom stereocenters. The van der Waals surface area contributed by atoms with Gasteiger partial charge in [-0.25, -0.2) is 0 Å². The Balaban J connectivity index is 1.94. The summed E-state index contributed by atoms with van der Waals surface area (Å²) in [6.07, 6.45) is 0. The molecule has 0 unspecified atom stereocenters. The van der Waals surface area contributed by atoms with E-state index in [9.17, 15) is 0 Å². The van der Waals surface area contributed by atoms with Gasteiger partial charge in [0, 0.05) is 16.6 Å². The summed E-state index contributed by atoms with van der Waals surface area (Å²) >= 11 is 3.44. The van der Waals surface area contributed by atoms with Gasteiger partial charge in [-0.05, 0) is 36.2 Å². The molecule has 0 spiro atoms. The van der Waals surface area contributed by atoms with E-state index in [-0.39, 0.29) is 0 Å². The lowest BCUT2D eigenvalue weighted by molar-refractivity contribution is 0.302. The van der Waals surface area contributed by atoms with E-state index in [0.29, 0.717) is 12.5 Å². The van der Waals surface area contributed by atoms with Crippen LogP contribution < -0.4 is 10.1 Å². The normalized spacial score (nSPS) is 10.9. The number of ether oxygens (including phenoxy) is 1. The SMILES string of the molecule is CC(C)CNCc1ccccc1OCc1ccc(Br)cc1. The van der Waals surface area contributed by atoms with E-state index >= 15 is 0 Å². The molecule has 0 aliphatic rings. The summed E-state index contributed by atoms with van der Waals surface area (Å²) in [4.78, 5) is 0. The second kappa shape index (κ2) is 8.20. The van der Waals surface area contributed by atoms with E-state index < -0.39 is 0 Å². The molecule has 0 saturated heterocycles. The number of hydrogen-bond acceptors (Lipinski definition) is 2. The molecule has 2 aromatic rings. The van der Waals surface area contributed by atoms with Crippen molar-refractivity contribution >= 4 is 15.9 Å². The number of para-hydroxylation sites is 1. The third-order valence-electron chi connectivity index (χ3n) is 3.15. The molecule has 0 aliphatic carbocycles. The fourth-order valence-electron chi connectivity index (χ4n) is 2.03. The molecule has 2 rings (SSSR count). The fourth-order valence-corrected chi connectivity index (χ4v) is 2.29. The average Bonchev–Trinajstić information content (AvgIpc) is 2.47. The number of halogens is 1. The van der Waals surface area contributed by atoms with Crippen LogP contribution in [0.4, 0.5) is 0 Å². The molecule has 21 heavy (non-hydrogen) atoms. The van der Waals surface area contributed by atoms with E-state index in [1.54, 1.807) is 0 Å². The summed E-state index contributed by atoms with van der Waals surface area (Å²) in [5, 5.41) is 3.46. The zero-order chi connectivity index (χ0) is 15.1. The highest BCUT2D eigenvalue weighted by Crippen LogP contribution is 2.20. The number of rotatable bonds is 7. The molecule has 0 radical (unpaired) electrons. The molecule has 0 saturated carbocycles. The molecular weight excluding hydrogens is 326 g/mol. The van der Waals surface area contributed by atoms with E-state index in [1.165, 1.54) is 11.1 Å². The van der Waals surface area contributed by atoms with Gasteiger partial charge in [0.1, 0.15) is 12.4 Å². The van der Waals surface area contributed by atoms with Crippen LogP contribution in [0.5, 0.6) is 5.75 Å². The van der Waals surface area contributed by atoms with Crippen molar-refractivity contribution in [1.82, 2.24) is 5.32 Å². The van der Waals surface area contributed by atoms with Crippen molar-refractivity contribution in [2.45, 2.75) is 27.0 Å². The highest BCUT2D eigenvalue weighted by atomic mass is 79.9. The maximum Gasteiger partial charge on any atom is 0.124 e. The molecule has 0 fully saturated rings. The van der Waals surface area contributed by atoms with Gasteiger partial charge in [0.25, 0.3) is 0 Å². The highest BCUT2D eigenvalue weighted by molar-refractivity contribution is 9.10. The minimum atomic E-state index is 0.592. The van der Waals surface area contributed by atoms with Gasteiger partial charge >= 0.3 is 0 Å². The van der Waals surface area contributed by atoms with Crippen LogP contribution in [0, 0.1) is 5.92 Å². The minimum Gasteiger partial charge on any atom is -0.489 e. The van der Waals surface area contributed by atoms with Crippen LogP contribution in [0.25, 0.3) is 0 Å². The highest BCUT2D eigenvalue weighted by Gasteiger charge is 2.04. The third kappa shape index (κ3) is 5.52. The number of hydrogen-bond donors (Lipinski definition) is 1. The maximum atomic E-state index is 5.97. The molecular formula is C18H22BrNO. The Morgan fingerprint density at radius 3 is 2.48 bits per heavy atom. The van der Waals surface area contributed by atoms with Gasteiger partial charge in [0.05, 0.1) is 0 Å². The zero-order valence-electron chi connectivity index (χ0n) is 12.6. The Morgan fingerprint density at radius 2 is 1.76 bits per heavy atom. The first-order chi connectivity index (χ1) is 10.1. The Morgan fingerprint density at radius 1 is 1.05 bits per heavy atom. The summed E-state index contributed by atoms with van der Waals surface area (Å²) in [6.45, 7) is 6.87. The number of benzene rings is 2. The summed E-state index contributed by atoms with van der Waals surface area (Å²) < 4.78 is 7.05. The Labute approximate surface area is 135 Å². The van der Waals surface area contributed by atoms with Gasteiger partial charge in [-0.2, -0.15) is 0 Å². The van der Waals surface area contributed by atoms with Crippen LogP contribution in [0.1, 0.15) is 25.0 Å². The first-order valence-electron chi connectivity index (χ1n) is 7.31. The van der Waals surface area contributed by atoms with E-state index in [0.717, 1.165) is 23.3 Å². The second-order valence-electron chi connectivity index (χ2n) is 5.55. The van der Waals surface area contributed by atoms with Gasteiger partial charge in [0.15, 0.2) is 0 Å². The summed E-state index contributed by atoms with van der Waals surface area (Å²) in [5.41, 5.74) is 2.37. The molecule has 3 heteroatoms. The summed E-state index contributed by atoms with van der Waals surface area (Å²) in [7, 11) is 0. The van der Waals surface area contributed by atoms with Crippen molar-refractivity contribution in [3.05, 3.63) is 64.1 Å². The van der Waals surface area contributed by atoms with Gasteiger partial charge in [-0.1, -0.05) is 60.1 Å². The lowest BCUT2D eigenvalue weighted by Crippen LogP contribution is -2.19. The van der Waals surface area contributed by atoms with E-state index in [4.69, 9.17) is 4.74 Å². The van der Waals surface area contributed by atoms with Gasteiger partial charge in [-0.3, -0.25) is 0 Å². The predicted octanol–water partition coefficient (Wildman–Crippen LogP) is 4.77. The van der Waals surface area contributed by atoms with Crippen molar-refractivity contribution in [2.24, 2.45) is 5.92 Å². The molecule has 0 aromatic heterocycles. The third-order valence-corrected chi connectivity index (χ3v) is 3.68. The minimum absolute atomic E-state index is 0.592. The van der Waals surface area contributed by atoms with Crippen molar-refractivity contribution in [1.29, 1.82) is 0 Å². The molecule has 112 valence electrons. The van der Waals surface area contributed by atoms with Crippen LogP contribution in [0.3, 0.4) is 0 Å². The predicted molar refractivity (Wildman–Crippen MR) is 91.5 cm³/mol. The Bertz CT molecular complexity index is 551. The van der Waals surface area contributed by atoms with E-state index in [1.807, 2.05) is 24.3 Å². The van der Waals surface area contributed by atoms with Crippen molar-refractivity contribution in [3.8, 4) is 5.75 Å². The summed E-state index contributed by atoms with van der Waals surface area (Å²) in [6, 6.07) is 16.4. The standard InChI is InChI=1S/C18H22BrNO/c1-14(2)11-20-12-16-5-3-4-6-18(16)21-13-15-7-9-17(19)10-8-15/h3-10,14,20H,11-13H2,1-2H3. The molecule has 0 bridgehead atoms. The van der Waals surface area contributed by atoms with Crippen molar-refractivity contribution < 1.29 is 4.74 Å². The van der Waals surface area contributed by atoms with Crippen LogP contribution in [0.2, 0.25) is 0 Å². The molecule has 2 nitrogen and oxygen atoms in total. The first-order valence-corrected chi connectivity index (χ1v) is 8.10. The average molecular weight is 348 g/mol. The monoisotopic (exact) mass is 347 g/mol. The van der Waals surface area contributed by atoms with Gasteiger partial charge in [-0.15, -0.1) is 0 Å². The molecule has 0 amide bonds. The molecule has 0 heterocycles. The Hall–Kier alpha value is -1.32. The molecule has 0 aliphatic heterocycles. The van der Waals surface area contributed by atoms with E-state index in [2.05, 4.69) is 59.4 Å². The largest absolute Gasteiger partial charge is 0.489 e. The lowest BCUT2D eigenvalue weighted by atomic mass is 10.1. The topological polar surface area (TPSA) is 21.3 Å². The fraction of sp³-hybridized carbons (Fsp3) is 0.333. The molecule has 2 aromatic carbocycles. The second-order valence-corrected chi connectivity index (χ2v) is 6.46. The van der Waals surface area contributed by atoms with Crippen molar-refractivity contribution in [2.75, 3.05) is 6.54 Å². The zero-order valence-corrected chi connectivity index (χ0v) is 14.2. The first kappa shape index (κ1) is 16.1. The van der Waals surface area contributed by atoms with Crippen LogP contribution in [0.15, 0.2) is 53.0 Å². The number of nitrogens with one attached hydrogen (secondary N) is 1. The maximum absolute atomic E-state index is 5.97.